The van der Waals surface area contributed by atoms with E-state index < -0.39 is 20.5 Å². The van der Waals surface area contributed by atoms with E-state index in [1.54, 1.807) is 12.2 Å². The van der Waals surface area contributed by atoms with Gasteiger partial charge in [-0.3, -0.25) is 4.79 Å². The normalized spacial score (nSPS) is 13.3. The number of ether oxygens (including phenoxy) is 1. The van der Waals surface area contributed by atoms with Gasteiger partial charge in [0.25, 0.3) is 8.32 Å². The second kappa shape index (κ2) is 13.9. The highest BCUT2D eigenvalue weighted by atomic mass is 28.4. The van der Waals surface area contributed by atoms with Gasteiger partial charge in [-0.15, -0.1) is 6.58 Å². The Hall–Kier alpha value is -2.96. The Balaban J connectivity index is 2.47. The molecule has 0 spiro atoms. The van der Waals surface area contributed by atoms with Gasteiger partial charge >= 0.3 is 6.09 Å². The van der Waals surface area contributed by atoms with Crippen molar-refractivity contribution in [3.8, 4) is 0 Å². The van der Waals surface area contributed by atoms with E-state index in [9.17, 15) is 9.59 Å². The lowest BCUT2D eigenvalue weighted by atomic mass is 10.1. The van der Waals surface area contributed by atoms with Crippen LogP contribution in [0, 0.1) is 0 Å². The van der Waals surface area contributed by atoms with Gasteiger partial charge in [-0.2, -0.15) is 0 Å². The number of rotatable bonds is 14. The zero-order valence-electron chi connectivity index (χ0n) is 22.2. The third-order valence-corrected chi connectivity index (χ3v) is 11.3. The van der Waals surface area contributed by atoms with Crippen LogP contribution in [0.5, 0.6) is 0 Å². The fourth-order valence-electron chi connectivity index (χ4n) is 4.39. The van der Waals surface area contributed by atoms with Crippen molar-refractivity contribution in [1.82, 2.24) is 5.32 Å². The van der Waals surface area contributed by atoms with Crippen molar-refractivity contribution >= 4 is 30.6 Å². The molecule has 194 valence electrons. The molecule has 0 saturated heterocycles. The molecule has 1 N–H and O–H groups in total. The number of carbonyl (C=O) groups is 2. The van der Waals surface area contributed by atoms with Gasteiger partial charge in [-0.25, -0.2) is 4.79 Å². The first-order valence-electron chi connectivity index (χ1n) is 12.7. The molecule has 2 atom stereocenters. The molecule has 0 bridgehead atoms. The molecule has 36 heavy (non-hydrogen) atoms. The molecule has 0 fully saturated rings. The number of carbonyl (C=O) groups excluding carboxylic acids is 2. The molecule has 0 aliphatic rings. The number of hydrogen-bond donors (Lipinski definition) is 1. The van der Waals surface area contributed by atoms with Crippen molar-refractivity contribution in [2.24, 2.45) is 0 Å². The number of nitrogens with one attached hydrogen (secondary N) is 1. The third kappa shape index (κ3) is 7.77. The SMILES string of the molecule is C=CCCC(=O)C[C@H](CNC(=O)OC(C=C)CC)O[Si](c1ccccc1)(c1ccccc1)C(C)(C)C. The van der Waals surface area contributed by atoms with E-state index >= 15 is 0 Å². The predicted octanol–water partition coefficient (Wildman–Crippen LogP) is 5.55. The van der Waals surface area contributed by atoms with E-state index in [1.165, 1.54) is 0 Å². The summed E-state index contributed by atoms with van der Waals surface area (Å²) in [5, 5.41) is 4.82. The minimum absolute atomic E-state index is 0.0746. The fourth-order valence-corrected chi connectivity index (χ4v) is 9.07. The Morgan fingerprint density at radius 1 is 1.00 bits per heavy atom. The number of amides is 1. The van der Waals surface area contributed by atoms with Crippen LogP contribution in [0.15, 0.2) is 86.0 Å². The summed E-state index contributed by atoms with van der Waals surface area (Å²) in [6.07, 6.45) is 3.74. The van der Waals surface area contributed by atoms with Crippen molar-refractivity contribution in [3.63, 3.8) is 0 Å². The predicted molar refractivity (Wildman–Crippen MR) is 150 cm³/mol. The van der Waals surface area contributed by atoms with E-state index in [0.29, 0.717) is 19.3 Å². The molecule has 1 unspecified atom stereocenters. The molecule has 0 saturated carbocycles. The third-order valence-electron chi connectivity index (χ3n) is 6.24. The maximum atomic E-state index is 12.9. The van der Waals surface area contributed by atoms with E-state index in [4.69, 9.17) is 9.16 Å². The van der Waals surface area contributed by atoms with Crippen molar-refractivity contribution in [3.05, 3.63) is 86.0 Å². The van der Waals surface area contributed by atoms with E-state index in [-0.39, 0.29) is 29.9 Å². The van der Waals surface area contributed by atoms with E-state index in [0.717, 1.165) is 10.4 Å². The Morgan fingerprint density at radius 3 is 2.00 bits per heavy atom. The highest BCUT2D eigenvalue weighted by molar-refractivity contribution is 6.99. The summed E-state index contributed by atoms with van der Waals surface area (Å²) in [7, 11) is -2.91. The average molecular weight is 508 g/mol. The summed E-state index contributed by atoms with van der Waals surface area (Å²) >= 11 is 0. The van der Waals surface area contributed by atoms with Gasteiger partial charge in [-0.1, -0.05) is 107 Å². The first kappa shape index (κ1) is 29.3. The standard InChI is InChI=1S/C30H41NO4Si/c1-7-10-17-24(32)22-26(23-31-29(33)34-25(8-2)9-3)35-36(30(4,5)6,27-18-13-11-14-19-27)28-20-15-12-16-21-28/h7-8,11-16,18-21,25-26H,1-2,9-10,17,22-23H2,3-6H3,(H,31,33)/t25?,26-/m1/s1. The highest BCUT2D eigenvalue weighted by Crippen LogP contribution is 2.37. The smallest absolute Gasteiger partial charge is 0.407 e. The van der Waals surface area contributed by atoms with Crippen LogP contribution < -0.4 is 15.7 Å². The maximum absolute atomic E-state index is 12.9. The van der Waals surface area contributed by atoms with Crippen LogP contribution in [-0.4, -0.2) is 38.9 Å². The zero-order valence-corrected chi connectivity index (χ0v) is 23.2. The minimum Gasteiger partial charge on any atom is -0.442 e. The molecule has 0 aliphatic carbocycles. The van der Waals surface area contributed by atoms with Gasteiger partial charge in [0.2, 0.25) is 0 Å². The number of hydrogen-bond acceptors (Lipinski definition) is 4. The van der Waals surface area contributed by atoms with Crippen molar-refractivity contribution in [1.29, 1.82) is 0 Å². The number of ketones is 1. The lowest BCUT2D eigenvalue weighted by Crippen LogP contribution is -2.68. The summed E-state index contributed by atoms with van der Waals surface area (Å²) < 4.78 is 12.6. The Kier molecular flexibility index (Phi) is 11.3. The molecule has 0 aliphatic heterocycles. The lowest BCUT2D eigenvalue weighted by Gasteiger charge is -2.45. The molecule has 0 aromatic heterocycles. The molecule has 1 amide bonds. The summed E-state index contributed by atoms with van der Waals surface area (Å²) in [4.78, 5) is 25.4. The second-order valence-electron chi connectivity index (χ2n) is 9.94. The first-order valence-corrected chi connectivity index (χ1v) is 14.6. The topological polar surface area (TPSA) is 64.6 Å². The number of allylic oxidation sites excluding steroid dienone is 1. The zero-order chi connectivity index (χ0) is 26.6. The monoisotopic (exact) mass is 507 g/mol. The van der Waals surface area contributed by atoms with Crippen molar-refractivity contribution in [2.45, 2.75) is 70.6 Å². The molecule has 5 nitrogen and oxygen atoms in total. The minimum atomic E-state index is -2.91. The molecule has 2 rings (SSSR count). The molecule has 2 aromatic rings. The largest absolute Gasteiger partial charge is 0.442 e. The summed E-state index contributed by atoms with van der Waals surface area (Å²) in [6.45, 7) is 16.1. The van der Waals surface area contributed by atoms with Gasteiger partial charge in [-0.05, 0) is 28.3 Å². The summed E-state index contributed by atoms with van der Waals surface area (Å²) in [6, 6.07) is 20.5. The fraction of sp³-hybridized carbons (Fsp3) is 0.400. The highest BCUT2D eigenvalue weighted by Gasteiger charge is 2.51. The summed E-state index contributed by atoms with van der Waals surface area (Å²) in [5.74, 6) is 0.0746. The van der Waals surface area contributed by atoms with Crippen LogP contribution in [0.2, 0.25) is 5.04 Å². The van der Waals surface area contributed by atoms with Gasteiger partial charge in [0.05, 0.1) is 6.10 Å². The Morgan fingerprint density at radius 2 is 1.56 bits per heavy atom. The first-order chi connectivity index (χ1) is 17.2. The van der Waals surface area contributed by atoms with Crippen LogP contribution in [0.3, 0.4) is 0 Å². The van der Waals surface area contributed by atoms with Gasteiger partial charge in [0.1, 0.15) is 11.9 Å². The van der Waals surface area contributed by atoms with E-state index in [2.05, 4.69) is 63.5 Å². The van der Waals surface area contributed by atoms with Crippen LogP contribution >= 0.6 is 0 Å². The average Bonchev–Trinajstić information content (AvgIpc) is 2.87. The van der Waals surface area contributed by atoms with Gasteiger partial charge in [0.15, 0.2) is 0 Å². The molecule has 2 aromatic carbocycles. The van der Waals surface area contributed by atoms with Gasteiger partial charge in [0, 0.05) is 19.4 Å². The van der Waals surface area contributed by atoms with Crippen LogP contribution in [0.1, 0.15) is 53.4 Å². The van der Waals surface area contributed by atoms with Crippen LogP contribution in [0.25, 0.3) is 0 Å². The molecule has 6 heteroatoms. The molecule has 0 heterocycles. The van der Waals surface area contributed by atoms with Crippen LogP contribution in [0.4, 0.5) is 4.79 Å². The molecule has 0 radical (unpaired) electrons. The van der Waals surface area contributed by atoms with Crippen LogP contribution in [-0.2, 0) is 14.0 Å². The van der Waals surface area contributed by atoms with Crippen molar-refractivity contribution < 1.29 is 18.8 Å². The Bertz CT molecular complexity index is 946. The second-order valence-corrected chi connectivity index (χ2v) is 14.2. The number of Topliss-reactive ketones (excluding diaryl/α,β-unsaturated/α-hetero) is 1. The number of benzene rings is 2. The quantitative estimate of drug-likeness (QED) is 0.269. The Labute approximate surface area is 217 Å². The summed E-state index contributed by atoms with van der Waals surface area (Å²) in [5.41, 5.74) is 0. The molecular weight excluding hydrogens is 466 g/mol. The lowest BCUT2D eigenvalue weighted by molar-refractivity contribution is -0.120. The number of alkyl carbamates (subject to hydrolysis) is 1. The van der Waals surface area contributed by atoms with Gasteiger partial charge < -0.3 is 14.5 Å². The van der Waals surface area contributed by atoms with E-state index in [1.807, 2.05) is 43.3 Å². The van der Waals surface area contributed by atoms with Crippen molar-refractivity contribution in [2.75, 3.05) is 6.54 Å². The molecular formula is C30H41NO4Si. The maximum Gasteiger partial charge on any atom is 0.407 e.